The summed E-state index contributed by atoms with van der Waals surface area (Å²) in [5.41, 5.74) is 5.93. The Morgan fingerprint density at radius 1 is 1.40 bits per heavy atom. The van der Waals surface area contributed by atoms with Crippen LogP contribution in [0, 0.1) is 0 Å². The van der Waals surface area contributed by atoms with Gasteiger partial charge in [0.1, 0.15) is 0 Å². The lowest BCUT2D eigenvalue weighted by atomic mass is 10.2. The molecule has 0 fully saturated rings. The van der Waals surface area contributed by atoms with Crippen LogP contribution in [0.5, 0.6) is 0 Å². The Bertz CT molecular complexity index is 579. The second-order valence-electron chi connectivity index (χ2n) is 2.99. The first-order valence-corrected chi connectivity index (χ1v) is 5.76. The van der Waals surface area contributed by atoms with Crippen molar-refractivity contribution in [3.8, 4) is 0 Å². The third kappa shape index (κ3) is 1.84. The molecule has 0 bridgehead atoms. The summed E-state index contributed by atoms with van der Waals surface area (Å²) in [6.07, 6.45) is 1.45. The number of benzene rings is 1. The molecule has 0 aliphatic rings. The van der Waals surface area contributed by atoms with E-state index < -0.39 is 0 Å². The van der Waals surface area contributed by atoms with Gasteiger partial charge in [0.25, 0.3) is 5.56 Å². The fraction of sp³-hybridized carbons (Fsp3) is 0.111. The number of halogens is 2. The zero-order valence-corrected chi connectivity index (χ0v) is 10.7. The third-order valence-corrected chi connectivity index (χ3v) is 3.10. The second kappa shape index (κ2) is 4.03. The first-order chi connectivity index (χ1) is 7.13. The Labute approximate surface area is 102 Å². The maximum Gasteiger partial charge on any atom is 0.262 e. The van der Waals surface area contributed by atoms with Gasteiger partial charge in [-0.1, -0.05) is 15.9 Å². The Kier molecular flexibility index (Phi) is 2.90. The highest BCUT2D eigenvalue weighted by atomic mass is 79.9. The molecule has 15 heavy (non-hydrogen) atoms. The summed E-state index contributed by atoms with van der Waals surface area (Å²) < 4.78 is 2.98. The summed E-state index contributed by atoms with van der Waals surface area (Å²) in [4.78, 5) is 16.0. The van der Waals surface area contributed by atoms with Crippen LogP contribution in [-0.2, 0) is 6.67 Å². The van der Waals surface area contributed by atoms with E-state index >= 15 is 0 Å². The Morgan fingerprint density at radius 2 is 2.13 bits per heavy atom. The zero-order valence-electron chi connectivity index (χ0n) is 7.58. The summed E-state index contributed by atoms with van der Waals surface area (Å²) in [5.74, 6) is 0. The average molecular weight is 333 g/mol. The van der Waals surface area contributed by atoms with Crippen molar-refractivity contribution in [3.05, 3.63) is 37.8 Å². The number of hydrogen-bond donors (Lipinski definition) is 1. The molecule has 1 aromatic heterocycles. The predicted molar refractivity (Wildman–Crippen MR) is 65.6 cm³/mol. The van der Waals surface area contributed by atoms with Gasteiger partial charge < -0.3 is 5.73 Å². The molecule has 0 atom stereocenters. The van der Waals surface area contributed by atoms with Crippen LogP contribution in [0.1, 0.15) is 0 Å². The van der Waals surface area contributed by atoms with Crippen LogP contribution < -0.4 is 11.3 Å². The molecule has 4 nitrogen and oxygen atoms in total. The molecule has 0 saturated carbocycles. The number of hydrogen-bond acceptors (Lipinski definition) is 3. The molecule has 1 heterocycles. The molecule has 0 radical (unpaired) electrons. The normalized spacial score (nSPS) is 10.9. The molecule has 0 amide bonds. The summed E-state index contributed by atoms with van der Waals surface area (Å²) in [6, 6.07) is 3.59. The van der Waals surface area contributed by atoms with Crippen LogP contribution in [0.3, 0.4) is 0 Å². The van der Waals surface area contributed by atoms with Crippen molar-refractivity contribution >= 4 is 42.8 Å². The average Bonchev–Trinajstić information content (AvgIpc) is 2.19. The van der Waals surface area contributed by atoms with E-state index in [0.29, 0.717) is 10.9 Å². The van der Waals surface area contributed by atoms with Gasteiger partial charge in [-0.2, -0.15) is 0 Å². The molecular formula is C9H7Br2N3O. The van der Waals surface area contributed by atoms with E-state index in [-0.39, 0.29) is 12.2 Å². The van der Waals surface area contributed by atoms with Gasteiger partial charge in [-0.3, -0.25) is 9.36 Å². The molecule has 2 aromatic rings. The lowest BCUT2D eigenvalue weighted by Gasteiger charge is -2.04. The third-order valence-electron chi connectivity index (χ3n) is 2.04. The molecular weight excluding hydrogens is 326 g/mol. The molecule has 0 unspecified atom stereocenters. The topological polar surface area (TPSA) is 60.9 Å². The van der Waals surface area contributed by atoms with Crippen molar-refractivity contribution in [3.63, 3.8) is 0 Å². The van der Waals surface area contributed by atoms with Gasteiger partial charge >= 0.3 is 0 Å². The number of nitrogens with zero attached hydrogens (tertiary/aromatic N) is 2. The summed E-state index contributed by atoms with van der Waals surface area (Å²) in [7, 11) is 0. The van der Waals surface area contributed by atoms with E-state index in [2.05, 4.69) is 36.8 Å². The molecule has 0 aliphatic heterocycles. The number of fused-ring (bicyclic) bond motifs is 1. The highest BCUT2D eigenvalue weighted by molar-refractivity contribution is 9.11. The largest absolute Gasteiger partial charge is 0.313 e. The first-order valence-electron chi connectivity index (χ1n) is 4.17. The van der Waals surface area contributed by atoms with Crippen molar-refractivity contribution in [1.82, 2.24) is 9.55 Å². The minimum Gasteiger partial charge on any atom is -0.313 e. The molecule has 6 heteroatoms. The fourth-order valence-electron chi connectivity index (χ4n) is 1.32. The fourth-order valence-corrected chi connectivity index (χ4v) is 2.65. The van der Waals surface area contributed by atoms with E-state index in [1.807, 2.05) is 6.07 Å². The van der Waals surface area contributed by atoms with Crippen LogP contribution in [-0.4, -0.2) is 9.55 Å². The molecule has 2 rings (SSSR count). The van der Waals surface area contributed by atoms with Crippen LogP contribution in [0.15, 0.2) is 32.2 Å². The van der Waals surface area contributed by atoms with E-state index in [4.69, 9.17) is 5.73 Å². The predicted octanol–water partition coefficient (Wildman–Crippen LogP) is 1.84. The molecule has 78 valence electrons. The van der Waals surface area contributed by atoms with Crippen molar-refractivity contribution in [2.24, 2.45) is 5.73 Å². The molecule has 0 spiro atoms. The van der Waals surface area contributed by atoms with Gasteiger partial charge in [-0.15, -0.1) is 0 Å². The van der Waals surface area contributed by atoms with E-state index in [1.54, 1.807) is 6.07 Å². The van der Waals surface area contributed by atoms with Crippen LogP contribution >= 0.6 is 31.9 Å². The maximum atomic E-state index is 11.9. The van der Waals surface area contributed by atoms with Gasteiger partial charge in [0.2, 0.25) is 0 Å². The van der Waals surface area contributed by atoms with Gasteiger partial charge in [-0.05, 0) is 28.1 Å². The highest BCUT2D eigenvalue weighted by Gasteiger charge is 2.07. The summed E-state index contributed by atoms with van der Waals surface area (Å²) in [5, 5.41) is 0.546. The van der Waals surface area contributed by atoms with Gasteiger partial charge in [0.05, 0.1) is 23.9 Å². The standard InChI is InChI=1S/C9H7Br2N3O/c10-5-1-6-8(7(11)2-5)13-4-14(3-12)9(6)15/h1-2,4H,3,12H2. The number of aromatic nitrogens is 2. The van der Waals surface area contributed by atoms with Crippen LogP contribution in [0.2, 0.25) is 0 Å². The zero-order chi connectivity index (χ0) is 11.0. The van der Waals surface area contributed by atoms with E-state index in [0.717, 1.165) is 8.95 Å². The highest BCUT2D eigenvalue weighted by Crippen LogP contribution is 2.24. The van der Waals surface area contributed by atoms with Gasteiger partial charge in [0, 0.05) is 8.95 Å². The molecule has 1 aromatic carbocycles. The second-order valence-corrected chi connectivity index (χ2v) is 4.76. The lowest BCUT2D eigenvalue weighted by molar-refractivity contribution is 0.692. The quantitative estimate of drug-likeness (QED) is 0.866. The number of rotatable bonds is 1. The van der Waals surface area contributed by atoms with Crippen molar-refractivity contribution in [2.75, 3.05) is 0 Å². The summed E-state index contributed by atoms with van der Waals surface area (Å²) >= 11 is 6.68. The maximum absolute atomic E-state index is 11.9. The molecule has 2 N–H and O–H groups in total. The monoisotopic (exact) mass is 331 g/mol. The SMILES string of the molecule is NCn1cnc2c(Br)cc(Br)cc2c1=O. The smallest absolute Gasteiger partial charge is 0.262 e. The Morgan fingerprint density at radius 3 is 2.80 bits per heavy atom. The van der Waals surface area contributed by atoms with Gasteiger partial charge in [0.15, 0.2) is 0 Å². The van der Waals surface area contributed by atoms with Crippen LogP contribution in [0.25, 0.3) is 10.9 Å². The minimum absolute atomic E-state index is 0.131. The molecule has 0 saturated heterocycles. The summed E-state index contributed by atoms with van der Waals surface area (Å²) in [6.45, 7) is 0.131. The van der Waals surface area contributed by atoms with E-state index in [1.165, 1.54) is 10.9 Å². The first kappa shape index (κ1) is 10.8. The van der Waals surface area contributed by atoms with Crippen molar-refractivity contribution < 1.29 is 0 Å². The van der Waals surface area contributed by atoms with Crippen LogP contribution in [0.4, 0.5) is 0 Å². The Hall–Kier alpha value is -0.720. The lowest BCUT2D eigenvalue weighted by Crippen LogP contribution is -2.24. The van der Waals surface area contributed by atoms with Crippen molar-refractivity contribution in [1.29, 1.82) is 0 Å². The molecule has 0 aliphatic carbocycles. The Balaban J connectivity index is 2.93. The van der Waals surface area contributed by atoms with Gasteiger partial charge in [-0.25, -0.2) is 4.98 Å². The number of nitrogens with two attached hydrogens (primary N) is 1. The van der Waals surface area contributed by atoms with Crippen molar-refractivity contribution in [2.45, 2.75) is 6.67 Å². The minimum atomic E-state index is -0.135. The van der Waals surface area contributed by atoms with E-state index in [9.17, 15) is 4.79 Å².